The Morgan fingerprint density at radius 2 is 2.35 bits per heavy atom. The molecule has 0 bridgehead atoms. The highest BCUT2D eigenvalue weighted by molar-refractivity contribution is 9.10. The van der Waals surface area contributed by atoms with Crippen molar-refractivity contribution in [1.82, 2.24) is 4.31 Å². The summed E-state index contributed by atoms with van der Waals surface area (Å²) in [5, 5.41) is 8.93. The summed E-state index contributed by atoms with van der Waals surface area (Å²) in [5.74, 6) is 0.621. The minimum absolute atomic E-state index is 0.0932. The smallest absolute Gasteiger partial charge is 0.247 e. The van der Waals surface area contributed by atoms with Crippen LogP contribution in [0.4, 0.5) is 0 Å². The minimum Gasteiger partial charge on any atom is -0.450 e. The van der Waals surface area contributed by atoms with Gasteiger partial charge in [-0.05, 0) is 28.3 Å². The molecule has 2 heterocycles. The standard InChI is InChI=1S/C10H14BrNO4S/c1-7-2-3-12(5-7)17(14,15)9-4-8(6-13)16-10(9)11/h4,7,13H,2-3,5-6H2,1H3. The predicted molar refractivity (Wildman–Crippen MR) is 64.9 cm³/mol. The van der Waals surface area contributed by atoms with Crippen molar-refractivity contribution in [2.75, 3.05) is 13.1 Å². The lowest BCUT2D eigenvalue weighted by Gasteiger charge is -2.14. The highest BCUT2D eigenvalue weighted by Crippen LogP contribution is 2.31. The maximum atomic E-state index is 12.3. The highest BCUT2D eigenvalue weighted by atomic mass is 79.9. The van der Waals surface area contributed by atoms with Gasteiger partial charge in [0.05, 0.1) is 0 Å². The van der Waals surface area contributed by atoms with Gasteiger partial charge in [0.1, 0.15) is 17.3 Å². The molecule has 2 rings (SSSR count). The number of furan rings is 1. The molecule has 0 radical (unpaired) electrons. The van der Waals surface area contributed by atoms with Gasteiger partial charge in [-0.3, -0.25) is 0 Å². The van der Waals surface area contributed by atoms with Gasteiger partial charge in [0, 0.05) is 19.2 Å². The number of aliphatic hydroxyl groups is 1. The third kappa shape index (κ3) is 2.42. The van der Waals surface area contributed by atoms with E-state index in [1.54, 1.807) is 0 Å². The second-order valence-electron chi connectivity index (χ2n) is 4.27. The molecule has 0 aliphatic carbocycles. The Morgan fingerprint density at radius 3 is 2.82 bits per heavy atom. The molecular formula is C10H14BrNO4S. The maximum Gasteiger partial charge on any atom is 0.247 e. The average molecular weight is 324 g/mol. The molecule has 1 saturated heterocycles. The van der Waals surface area contributed by atoms with Crippen molar-refractivity contribution in [3.63, 3.8) is 0 Å². The van der Waals surface area contributed by atoms with E-state index in [1.165, 1.54) is 10.4 Å². The van der Waals surface area contributed by atoms with Crippen LogP contribution in [0.2, 0.25) is 0 Å². The lowest BCUT2D eigenvalue weighted by Crippen LogP contribution is -2.28. The average Bonchev–Trinajstić information content (AvgIpc) is 2.85. The molecule has 5 nitrogen and oxygen atoms in total. The van der Waals surface area contributed by atoms with Crippen LogP contribution >= 0.6 is 15.9 Å². The molecule has 7 heteroatoms. The molecule has 1 aliphatic rings. The maximum absolute atomic E-state index is 12.3. The van der Waals surface area contributed by atoms with Gasteiger partial charge in [-0.2, -0.15) is 4.31 Å². The summed E-state index contributed by atoms with van der Waals surface area (Å²) in [6.07, 6.45) is 0.877. The van der Waals surface area contributed by atoms with Crippen molar-refractivity contribution in [1.29, 1.82) is 0 Å². The Balaban J connectivity index is 2.34. The van der Waals surface area contributed by atoms with Crippen LogP contribution in [0.1, 0.15) is 19.1 Å². The van der Waals surface area contributed by atoms with Gasteiger partial charge >= 0.3 is 0 Å². The Morgan fingerprint density at radius 1 is 1.65 bits per heavy atom. The fraction of sp³-hybridized carbons (Fsp3) is 0.600. The van der Waals surface area contributed by atoms with Gasteiger partial charge in [-0.15, -0.1) is 0 Å². The fourth-order valence-corrected chi connectivity index (χ4v) is 4.44. The van der Waals surface area contributed by atoms with Crippen LogP contribution in [-0.2, 0) is 16.6 Å². The van der Waals surface area contributed by atoms with Gasteiger partial charge in [-0.25, -0.2) is 8.42 Å². The minimum atomic E-state index is -3.51. The monoisotopic (exact) mass is 323 g/mol. The molecule has 0 aromatic carbocycles. The second-order valence-corrected chi connectivity index (χ2v) is 6.89. The largest absolute Gasteiger partial charge is 0.450 e. The first-order valence-electron chi connectivity index (χ1n) is 5.34. The molecule has 1 aromatic rings. The molecule has 1 atom stereocenters. The van der Waals surface area contributed by atoms with E-state index in [0.717, 1.165) is 6.42 Å². The molecule has 0 spiro atoms. The molecule has 0 saturated carbocycles. The first kappa shape index (κ1) is 13.1. The lowest BCUT2D eigenvalue weighted by molar-refractivity contribution is 0.245. The SMILES string of the molecule is CC1CCN(S(=O)(=O)c2cc(CO)oc2Br)C1. The fourth-order valence-electron chi connectivity index (χ4n) is 1.90. The van der Waals surface area contributed by atoms with Crippen LogP contribution < -0.4 is 0 Å². The normalized spacial score (nSPS) is 22.2. The quantitative estimate of drug-likeness (QED) is 0.916. The van der Waals surface area contributed by atoms with Crippen LogP contribution in [0.15, 0.2) is 20.0 Å². The van der Waals surface area contributed by atoms with E-state index < -0.39 is 10.0 Å². The van der Waals surface area contributed by atoms with Gasteiger partial charge < -0.3 is 9.52 Å². The molecule has 1 aromatic heterocycles. The Hall–Kier alpha value is -0.370. The van der Waals surface area contributed by atoms with Crippen molar-refractivity contribution >= 4 is 26.0 Å². The molecule has 17 heavy (non-hydrogen) atoms. The zero-order valence-electron chi connectivity index (χ0n) is 9.39. The number of sulfonamides is 1. The van der Waals surface area contributed by atoms with E-state index in [9.17, 15) is 8.42 Å². The number of hydrogen-bond acceptors (Lipinski definition) is 4. The summed E-state index contributed by atoms with van der Waals surface area (Å²) >= 11 is 3.07. The van der Waals surface area contributed by atoms with E-state index >= 15 is 0 Å². The number of halogens is 1. The first-order chi connectivity index (χ1) is 7.95. The van der Waals surface area contributed by atoms with Crippen molar-refractivity contribution in [3.05, 3.63) is 16.5 Å². The van der Waals surface area contributed by atoms with Crippen LogP contribution in [-0.4, -0.2) is 30.9 Å². The second kappa shape index (κ2) is 4.72. The van der Waals surface area contributed by atoms with Crippen molar-refractivity contribution in [2.24, 2.45) is 5.92 Å². The molecule has 1 fully saturated rings. The summed E-state index contributed by atoms with van der Waals surface area (Å²) in [4.78, 5) is 0.0932. The number of rotatable bonds is 3. The molecule has 96 valence electrons. The van der Waals surface area contributed by atoms with E-state index in [4.69, 9.17) is 9.52 Å². The summed E-state index contributed by atoms with van der Waals surface area (Å²) in [6.45, 7) is 2.79. The molecule has 0 amide bonds. The van der Waals surface area contributed by atoms with Crippen molar-refractivity contribution in [3.8, 4) is 0 Å². The number of aliphatic hydroxyl groups excluding tert-OH is 1. The number of nitrogens with zero attached hydrogens (tertiary/aromatic N) is 1. The first-order valence-corrected chi connectivity index (χ1v) is 7.57. The zero-order chi connectivity index (χ0) is 12.6. The van der Waals surface area contributed by atoms with E-state index in [2.05, 4.69) is 15.9 Å². The van der Waals surface area contributed by atoms with Crippen molar-refractivity contribution in [2.45, 2.75) is 24.8 Å². The van der Waals surface area contributed by atoms with Crippen LogP contribution in [0.25, 0.3) is 0 Å². The topological polar surface area (TPSA) is 70.8 Å². The molecule has 1 N–H and O–H groups in total. The van der Waals surface area contributed by atoms with Crippen LogP contribution in [0.5, 0.6) is 0 Å². The van der Waals surface area contributed by atoms with E-state index in [1.807, 2.05) is 6.92 Å². The molecule has 1 unspecified atom stereocenters. The molecule has 1 aliphatic heterocycles. The predicted octanol–water partition coefficient (Wildman–Crippen LogP) is 1.56. The summed E-state index contributed by atoms with van der Waals surface area (Å²) in [6, 6.07) is 1.36. The van der Waals surface area contributed by atoms with Crippen LogP contribution in [0.3, 0.4) is 0 Å². The third-order valence-corrected chi connectivity index (χ3v) is 5.59. The molecular weight excluding hydrogens is 310 g/mol. The highest BCUT2D eigenvalue weighted by Gasteiger charge is 2.33. The summed E-state index contributed by atoms with van der Waals surface area (Å²) in [5.41, 5.74) is 0. The van der Waals surface area contributed by atoms with Gasteiger partial charge in [0.25, 0.3) is 0 Å². The van der Waals surface area contributed by atoms with Crippen molar-refractivity contribution < 1.29 is 17.9 Å². The Bertz CT molecular complexity index is 510. The van der Waals surface area contributed by atoms with Gasteiger partial charge in [-0.1, -0.05) is 6.92 Å². The number of hydrogen-bond donors (Lipinski definition) is 1. The Labute approximate surface area is 109 Å². The van der Waals surface area contributed by atoms with Gasteiger partial charge in [0.2, 0.25) is 10.0 Å². The third-order valence-electron chi connectivity index (χ3n) is 2.87. The van der Waals surface area contributed by atoms with Gasteiger partial charge in [0.15, 0.2) is 4.67 Å². The van der Waals surface area contributed by atoms with Crippen LogP contribution in [0, 0.1) is 5.92 Å². The van der Waals surface area contributed by atoms with E-state index in [-0.39, 0.29) is 21.9 Å². The Kier molecular flexibility index (Phi) is 3.63. The summed E-state index contributed by atoms with van der Waals surface area (Å²) in [7, 11) is -3.51. The van der Waals surface area contributed by atoms with E-state index in [0.29, 0.717) is 19.0 Å². The summed E-state index contributed by atoms with van der Waals surface area (Å²) < 4.78 is 31.3. The zero-order valence-corrected chi connectivity index (χ0v) is 11.8. The lowest BCUT2D eigenvalue weighted by atomic mass is 10.2.